The molecule has 0 saturated heterocycles. The first-order valence-corrected chi connectivity index (χ1v) is 6.11. The van der Waals surface area contributed by atoms with Gasteiger partial charge in [-0.1, -0.05) is 29.8 Å². The van der Waals surface area contributed by atoms with E-state index in [1.54, 1.807) is 0 Å². The highest BCUT2D eigenvalue weighted by Crippen LogP contribution is 2.28. The fraction of sp³-hybridized carbons (Fsp3) is 0.286. The second-order valence-electron chi connectivity index (χ2n) is 4.54. The van der Waals surface area contributed by atoms with Crippen molar-refractivity contribution in [3.8, 4) is 17.5 Å². The second kappa shape index (κ2) is 4.19. The molecule has 1 N–H and O–H groups in total. The standard InChI is InChI=1S/C14H14N4/c1-10-3-5-11(6-4-10)13-17-12(9-15)14-16-7-2-8-18(13)14/h3-6,16H,2,7-8H2,1H3. The first kappa shape index (κ1) is 10.8. The smallest absolute Gasteiger partial charge is 0.183 e. The maximum atomic E-state index is 9.13. The summed E-state index contributed by atoms with van der Waals surface area (Å²) in [5, 5.41) is 12.4. The Balaban J connectivity index is 2.15. The number of fused-ring (bicyclic) bond motifs is 1. The molecule has 0 amide bonds. The predicted octanol–water partition coefficient (Wildman–Crippen LogP) is 2.55. The number of nitrogens with zero attached hydrogens (tertiary/aromatic N) is 3. The van der Waals surface area contributed by atoms with Crippen LogP contribution in [0.2, 0.25) is 0 Å². The zero-order valence-electron chi connectivity index (χ0n) is 10.3. The monoisotopic (exact) mass is 238 g/mol. The van der Waals surface area contributed by atoms with Gasteiger partial charge >= 0.3 is 0 Å². The Morgan fingerprint density at radius 2 is 2.11 bits per heavy atom. The first-order valence-electron chi connectivity index (χ1n) is 6.11. The fourth-order valence-electron chi connectivity index (χ4n) is 2.29. The minimum Gasteiger partial charge on any atom is -0.369 e. The molecule has 1 aliphatic rings. The molecule has 1 aromatic carbocycles. The molecule has 3 rings (SSSR count). The lowest BCUT2D eigenvalue weighted by Gasteiger charge is -2.18. The average molecular weight is 238 g/mol. The van der Waals surface area contributed by atoms with Gasteiger partial charge in [0.1, 0.15) is 17.7 Å². The number of imidazole rings is 1. The van der Waals surface area contributed by atoms with E-state index in [4.69, 9.17) is 5.26 Å². The van der Waals surface area contributed by atoms with Gasteiger partial charge in [-0.05, 0) is 13.3 Å². The van der Waals surface area contributed by atoms with E-state index in [1.807, 2.05) is 0 Å². The summed E-state index contributed by atoms with van der Waals surface area (Å²) < 4.78 is 2.10. The van der Waals surface area contributed by atoms with Crippen molar-refractivity contribution >= 4 is 5.82 Å². The number of benzene rings is 1. The number of nitrogens with one attached hydrogen (secondary N) is 1. The van der Waals surface area contributed by atoms with E-state index in [9.17, 15) is 0 Å². The molecule has 0 saturated carbocycles. The van der Waals surface area contributed by atoms with Crippen molar-refractivity contribution in [2.75, 3.05) is 11.9 Å². The predicted molar refractivity (Wildman–Crippen MR) is 70.2 cm³/mol. The van der Waals surface area contributed by atoms with Crippen molar-refractivity contribution in [1.82, 2.24) is 9.55 Å². The van der Waals surface area contributed by atoms with Crippen LogP contribution in [0.1, 0.15) is 17.7 Å². The first-order chi connectivity index (χ1) is 8.79. The van der Waals surface area contributed by atoms with Gasteiger partial charge in [-0.3, -0.25) is 0 Å². The molecule has 0 aliphatic carbocycles. The van der Waals surface area contributed by atoms with Crippen LogP contribution in [-0.2, 0) is 6.54 Å². The average Bonchev–Trinajstić information content (AvgIpc) is 2.79. The Hall–Kier alpha value is -2.28. The summed E-state index contributed by atoms with van der Waals surface area (Å²) in [5.41, 5.74) is 2.78. The van der Waals surface area contributed by atoms with Gasteiger partial charge < -0.3 is 9.88 Å². The lowest BCUT2D eigenvalue weighted by molar-refractivity contribution is 0.635. The lowest BCUT2D eigenvalue weighted by atomic mass is 10.1. The molecular formula is C14H14N4. The van der Waals surface area contributed by atoms with Crippen molar-refractivity contribution in [3.05, 3.63) is 35.5 Å². The van der Waals surface area contributed by atoms with Crippen molar-refractivity contribution in [1.29, 1.82) is 5.26 Å². The molecule has 0 radical (unpaired) electrons. The molecule has 90 valence electrons. The van der Waals surface area contributed by atoms with Crippen molar-refractivity contribution in [2.45, 2.75) is 19.9 Å². The number of rotatable bonds is 1. The van der Waals surface area contributed by atoms with E-state index in [0.717, 1.165) is 36.7 Å². The summed E-state index contributed by atoms with van der Waals surface area (Å²) in [7, 11) is 0. The molecule has 0 atom stereocenters. The quantitative estimate of drug-likeness (QED) is 0.830. The Morgan fingerprint density at radius 3 is 2.83 bits per heavy atom. The van der Waals surface area contributed by atoms with Crippen LogP contribution in [0.3, 0.4) is 0 Å². The van der Waals surface area contributed by atoms with Crippen LogP contribution in [0.5, 0.6) is 0 Å². The van der Waals surface area contributed by atoms with Crippen LogP contribution in [0, 0.1) is 18.3 Å². The summed E-state index contributed by atoms with van der Waals surface area (Å²) >= 11 is 0. The van der Waals surface area contributed by atoms with E-state index in [1.165, 1.54) is 5.56 Å². The lowest BCUT2D eigenvalue weighted by Crippen LogP contribution is -2.17. The normalized spacial score (nSPS) is 13.6. The second-order valence-corrected chi connectivity index (χ2v) is 4.54. The highest BCUT2D eigenvalue weighted by Gasteiger charge is 2.20. The van der Waals surface area contributed by atoms with Gasteiger partial charge in [0, 0.05) is 18.7 Å². The Morgan fingerprint density at radius 1 is 1.33 bits per heavy atom. The SMILES string of the molecule is Cc1ccc(-c2nc(C#N)c3n2CCCN3)cc1. The summed E-state index contributed by atoms with van der Waals surface area (Å²) in [6, 6.07) is 10.4. The van der Waals surface area contributed by atoms with Crippen molar-refractivity contribution < 1.29 is 0 Å². The van der Waals surface area contributed by atoms with E-state index < -0.39 is 0 Å². The fourth-order valence-corrected chi connectivity index (χ4v) is 2.29. The van der Waals surface area contributed by atoms with Gasteiger partial charge in [0.15, 0.2) is 5.69 Å². The highest BCUT2D eigenvalue weighted by molar-refractivity contribution is 5.64. The third-order valence-electron chi connectivity index (χ3n) is 3.23. The number of hydrogen-bond donors (Lipinski definition) is 1. The largest absolute Gasteiger partial charge is 0.369 e. The molecular weight excluding hydrogens is 224 g/mol. The number of nitriles is 1. The molecule has 18 heavy (non-hydrogen) atoms. The van der Waals surface area contributed by atoms with Crippen molar-refractivity contribution in [3.63, 3.8) is 0 Å². The zero-order valence-corrected chi connectivity index (χ0v) is 10.3. The molecule has 0 unspecified atom stereocenters. The van der Waals surface area contributed by atoms with Crippen LogP contribution >= 0.6 is 0 Å². The van der Waals surface area contributed by atoms with E-state index >= 15 is 0 Å². The van der Waals surface area contributed by atoms with Gasteiger partial charge in [0.05, 0.1) is 0 Å². The molecule has 1 aliphatic heterocycles. The van der Waals surface area contributed by atoms with Crippen LogP contribution < -0.4 is 5.32 Å². The van der Waals surface area contributed by atoms with Gasteiger partial charge in [0.2, 0.25) is 0 Å². The summed E-state index contributed by atoms with van der Waals surface area (Å²) in [6.07, 6.45) is 1.06. The maximum Gasteiger partial charge on any atom is 0.183 e. The van der Waals surface area contributed by atoms with Gasteiger partial charge in [-0.15, -0.1) is 0 Å². The third-order valence-corrected chi connectivity index (χ3v) is 3.23. The molecule has 4 heteroatoms. The Labute approximate surface area is 106 Å². The molecule has 0 bridgehead atoms. The van der Waals surface area contributed by atoms with E-state index in [0.29, 0.717) is 5.69 Å². The summed E-state index contributed by atoms with van der Waals surface area (Å²) in [5.74, 6) is 1.74. The van der Waals surface area contributed by atoms with Crippen LogP contribution in [0.15, 0.2) is 24.3 Å². The zero-order chi connectivity index (χ0) is 12.5. The van der Waals surface area contributed by atoms with Gasteiger partial charge in [-0.25, -0.2) is 4.98 Å². The number of hydrogen-bond acceptors (Lipinski definition) is 3. The number of anilines is 1. The Kier molecular flexibility index (Phi) is 2.52. The van der Waals surface area contributed by atoms with Crippen LogP contribution in [0.4, 0.5) is 5.82 Å². The molecule has 2 aromatic rings. The minimum absolute atomic E-state index is 0.491. The topological polar surface area (TPSA) is 53.6 Å². The highest BCUT2D eigenvalue weighted by atomic mass is 15.2. The van der Waals surface area contributed by atoms with Crippen LogP contribution in [0.25, 0.3) is 11.4 Å². The number of aryl methyl sites for hydroxylation is 1. The van der Waals surface area contributed by atoms with Crippen LogP contribution in [-0.4, -0.2) is 16.1 Å². The van der Waals surface area contributed by atoms with E-state index in [-0.39, 0.29) is 0 Å². The maximum absolute atomic E-state index is 9.13. The summed E-state index contributed by atoms with van der Waals surface area (Å²) in [4.78, 5) is 4.45. The Bertz CT molecular complexity index is 616. The third kappa shape index (κ3) is 1.65. The minimum atomic E-state index is 0.491. The molecule has 0 fully saturated rings. The number of aromatic nitrogens is 2. The summed E-state index contributed by atoms with van der Waals surface area (Å²) in [6.45, 7) is 3.89. The van der Waals surface area contributed by atoms with Crippen molar-refractivity contribution in [2.24, 2.45) is 0 Å². The van der Waals surface area contributed by atoms with Gasteiger partial charge in [0.25, 0.3) is 0 Å². The molecule has 4 nitrogen and oxygen atoms in total. The molecule has 2 heterocycles. The van der Waals surface area contributed by atoms with E-state index in [2.05, 4.69) is 52.1 Å². The molecule has 0 spiro atoms. The molecule has 1 aromatic heterocycles. The van der Waals surface area contributed by atoms with Gasteiger partial charge in [-0.2, -0.15) is 5.26 Å².